The van der Waals surface area contributed by atoms with Crippen LogP contribution < -0.4 is 5.32 Å². The molecule has 0 saturated heterocycles. The quantitative estimate of drug-likeness (QED) is 0.705. The van der Waals surface area contributed by atoms with Crippen molar-refractivity contribution in [1.82, 2.24) is 0 Å². The minimum absolute atomic E-state index is 0.0374. The van der Waals surface area contributed by atoms with E-state index in [0.29, 0.717) is 10.4 Å². The van der Waals surface area contributed by atoms with Crippen molar-refractivity contribution in [2.24, 2.45) is 5.92 Å². The van der Waals surface area contributed by atoms with Gasteiger partial charge in [-0.2, -0.15) is 0 Å². The first-order valence-corrected chi connectivity index (χ1v) is 6.56. The van der Waals surface area contributed by atoms with Crippen molar-refractivity contribution < 1.29 is 15.2 Å². The lowest BCUT2D eigenvalue weighted by molar-refractivity contribution is -0.729. The number of benzene rings is 1. The van der Waals surface area contributed by atoms with Crippen molar-refractivity contribution in [3.63, 3.8) is 0 Å². The number of rotatable bonds is 6. The van der Waals surface area contributed by atoms with Crippen LogP contribution in [0.25, 0.3) is 0 Å². The summed E-state index contributed by atoms with van der Waals surface area (Å²) in [4.78, 5) is 10.5. The highest BCUT2D eigenvalue weighted by molar-refractivity contribution is 9.10. The standard InChI is InChI=1S/C12H18BrN2O3/c1-8(2)5-9(7-16)14-12-4-3-10(15(17)18)6-11(12)13/h3-4,6,8-9,14,16H,5,7H2,1-2H3,(H,17,18)/q+1/t9-/m0/s1. The van der Waals surface area contributed by atoms with E-state index in [1.54, 1.807) is 6.07 Å². The molecule has 0 fully saturated rings. The van der Waals surface area contributed by atoms with Crippen molar-refractivity contribution in [3.8, 4) is 0 Å². The normalized spacial score (nSPS) is 12.5. The van der Waals surface area contributed by atoms with Crippen LogP contribution in [-0.4, -0.2) is 27.9 Å². The largest absolute Gasteiger partial charge is 0.394 e. The first-order chi connectivity index (χ1) is 8.43. The minimum Gasteiger partial charge on any atom is -0.394 e. The van der Waals surface area contributed by atoms with E-state index in [0.717, 1.165) is 12.1 Å². The lowest BCUT2D eigenvalue weighted by Crippen LogP contribution is -2.25. The molecule has 1 rings (SSSR count). The molecule has 0 radical (unpaired) electrons. The van der Waals surface area contributed by atoms with Crippen LogP contribution in [0.5, 0.6) is 0 Å². The number of nitrogens with one attached hydrogen (secondary N) is 1. The van der Waals surface area contributed by atoms with Gasteiger partial charge in [0.1, 0.15) is 0 Å². The third-order valence-electron chi connectivity index (χ3n) is 2.51. The highest BCUT2D eigenvalue weighted by Gasteiger charge is 2.16. The molecule has 0 aliphatic carbocycles. The van der Waals surface area contributed by atoms with Gasteiger partial charge >= 0.3 is 5.69 Å². The number of halogens is 1. The fourth-order valence-corrected chi connectivity index (χ4v) is 2.19. The molecule has 0 heterocycles. The molecule has 0 saturated carbocycles. The van der Waals surface area contributed by atoms with Gasteiger partial charge in [-0.1, -0.05) is 13.8 Å². The van der Waals surface area contributed by atoms with Crippen molar-refractivity contribution in [1.29, 1.82) is 0 Å². The zero-order chi connectivity index (χ0) is 13.7. The van der Waals surface area contributed by atoms with Crippen molar-refractivity contribution in [2.75, 3.05) is 11.9 Å². The Kier molecular flexibility index (Phi) is 5.55. The lowest BCUT2D eigenvalue weighted by Gasteiger charge is -2.20. The molecule has 0 aliphatic rings. The Morgan fingerprint density at radius 3 is 2.56 bits per heavy atom. The van der Waals surface area contributed by atoms with Gasteiger partial charge in [-0.3, -0.25) is 0 Å². The Labute approximate surface area is 114 Å². The van der Waals surface area contributed by atoms with Crippen LogP contribution in [0.3, 0.4) is 0 Å². The van der Waals surface area contributed by atoms with Crippen LogP contribution in [0, 0.1) is 10.8 Å². The maximum Gasteiger partial charge on any atom is 0.317 e. The molecule has 0 spiro atoms. The fourth-order valence-electron chi connectivity index (χ4n) is 1.71. The van der Waals surface area contributed by atoms with Gasteiger partial charge in [-0.15, -0.1) is 0 Å². The summed E-state index contributed by atoms with van der Waals surface area (Å²) >= 11 is 3.32. The summed E-state index contributed by atoms with van der Waals surface area (Å²) in [5.74, 6) is 0.474. The maximum absolute atomic E-state index is 10.7. The molecule has 0 amide bonds. The molecule has 6 heteroatoms. The van der Waals surface area contributed by atoms with Crippen molar-refractivity contribution in [2.45, 2.75) is 26.3 Å². The van der Waals surface area contributed by atoms with Gasteiger partial charge in [0.25, 0.3) is 4.92 Å². The summed E-state index contributed by atoms with van der Waals surface area (Å²) in [6, 6.07) is 4.66. The van der Waals surface area contributed by atoms with E-state index in [4.69, 9.17) is 5.21 Å². The molecule has 1 aromatic rings. The molecule has 0 unspecified atom stereocenters. The predicted molar refractivity (Wildman–Crippen MR) is 73.2 cm³/mol. The van der Waals surface area contributed by atoms with Crippen LogP contribution in [0.15, 0.2) is 22.7 Å². The van der Waals surface area contributed by atoms with Gasteiger partial charge in [-0.05, 0) is 34.3 Å². The molecule has 0 aliphatic heterocycles. The van der Waals surface area contributed by atoms with E-state index in [2.05, 4.69) is 35.1 Å². The van der Waals surface area contributed by atoms with E-state index in [1.165, 1.54) is 12.1 Å². The summed E-state index contributed by atoms with van der Waals surface area (Å²) in [5.41, 5.74) is 0.928. The highest BCUT2D eigenvalue weighted by Crippen LogP contribution is 2.28. The third kappa shape index (κ3) is 4.27. The third-order valence-corrected chi connectivity index (χ3v) is 3.17. The maximum atomic E-state index is 10.7. The summed E-state index contributed by atoms with van der Waals surface area (Å²) in [5, 5.41) is 21.3. The van der Waals surface area contributed by atoms with Gasteiger partial charge in [0.05, 0.1) is 11.5 Å². The Hall–Kier alpha value is -1.14. The highest BCUT2D eigenvalue weighted by atomic mass is 79.9. The van der Waals surface area contributed by atoms with Gasteiger partial charge in [-0.25, -0.2) is 5.21 Å². The Balaban J connectivity index is 2.80. The van der Waals surface area contributed by atoms with Gasteiger partial charge < -0.3 is 10.4 Å². The summed E-state index contributed by atoms with van der Waals surface area (Å²) in [7, 11) is 0. The van der Waals surface area contributed by atoms with Gasteiger partial charge in [0, 0.05) is 28.3 Å². The average molecular weight is 318 g/mol. The second-order valence-corrected chi connectivity index (χ2v) is 5.44. The first-order valence-electron chi connectivity index (χ1n) is 5.77. The number of hydrogen-bond acceptors (Lipinski definition) is 3. The first kappa shape index (κ1) is 14.9. The monoisotopic (exact) mass is 317 g/mol. The smallest absolute Gasteiger partial charge is 0.317 e. The van der Waals surface area contributed by atoms with Crippen LogP contribution in [0.1, 0.15) is 20.3 Å². The van der Waals surface area contributed by atoms with E-state index in [-0.39, 0.29) is 23.3 Å². The second-order valence-electron chi connectivity index (χ2n) is 4.59. The average Bonchev–Trinajstić information content (AvgIpc) is 2.29. The molecule has 1 aromatic carbocycles. The molecule has 5 nitrogen and oxygen atoms in total. The van der Waals surface area contributed by atoms with E-state index < -0.39 is 0 Å². The molecule has 1 atom stereocenters. The molecular formula is C12H18BrN2O3+. The predicted octanol–water partition coefficient (Wildman–Crippen LogP) is 3.07. The van der Waals surface area contributed by atoms with Crippen LogP contribution in [0.4, 0.5) is 11.4 Å². The van der Waals surface area contributed by atoms with Crippen molar-refractivity contribution in [3.05, 3.63) is 27.6 Å². The zero-order valence-electron chi connectivity index (χ0n) is 10.4. The molecule has 100 valence electrons. The molecule has 0 aromatic heterocycles. The lowest BCUT2D eigenvalue weighted by atomic mass is 10.0. The summed E-state index contributed by atoms with van der Waals surface area (Å²) in [6.07, 6.45) is 0.846. The van der Waals surface area contributed by atoms with Crippen molar-refractivity contribution >= 4 is 27.3 Å². The van der Waals surface area contributed by atoms with Crippen LogP contribution in [0.2, 0.25) is 0 Å². The minimum atomic E-state index is -0.188. The van der Waals surface area contributed by atoms with E-state index in [1.807, 2.05) is 0 Å². The van der Waals surface area contributed by atoms with Gasteiger partial charge in [0.2, 0.25) is 0 Å². The second kappa shape index (κ2) is 6.70. The summed E-state index contributed by atoms with van der Waals surface area (Å²) in [6.45, 7) is 4.22. The number of anilines is 1. The Bertz CT molecular complexity index is 424. The zero-order valence-corrected chi connectivity index (χ0v) is 12.0. The summed E-state index contributed by atoms with van der Waals surface area (Å²) < 4.78 is 0.664. The number of hydrogen-bond donors (Lipinski definition) is 3. The van der Waals surface area contributed by atoms with Crippen LogP contribution in [-0.2, 0) is 0 Å². The molecule has 18 heavy (non-hydrogen) atoms. The molecule has 0 bridgehead atoms. The van der Waals surface area contributed by atoms with E-state index >= 15 is 0 Å². The topological polar surface area (TPSA) is 72.6 Å². The SMILES string of the molecule is CC(C)C[C@@H](CO)Nc1ccc([N+](=O)O)cc1Br. The van der Waals surface area contributed by atoms with Gasteiger partial charge in [0.15, 0.2) is 0 Å². The number of aliphatic hydroxyl groups excluding tert-OH is 1. The van der Waals surface area contributed by atoms with Crippen LogP contribution >= 0.6 is 15.9 Å². The Morgan fingerprint density at radius 2 is 2.11 bits per heavy atom. The molecule has 3 N–H and O–H groups in total. The van der Waals surface area contributed by atoms with E-state index in [9.17, 15) is 10.0 Å². The Morgan fingerprint density at radius 1 is 1.44 bits per heavy atom. The molecular weight excluding hydrogens is 300 g/mol. The number of nitrogens with zero attached hydrogens (tertiary/aromatic N) is 1. The number of aliphatic hydroxyl groups is 1. The fraction of sp³-hybridized carbons (Fsp3) is 0.500.